The Morgan fingerprint density at radius 2 is 2.60 bits per heavy atom. The fourth-order valence-electron chi connectivity index (χ4n) is 0.0833. The van der Waals surface area contributed by atoms with Crippen molar-refractivity contribution < 1.29 is 4.79 Å². The summed E-state index contributed by atoms with van der Waals surface area (Å²) in [5, 5.41) is 0. The largest absolute Gasteiger partial charge is 0.303 e. The lowest BCUT2D eigenvalue weighted by Gasteiger charge is -1.69. The van der Waals surface area contributed by atoms with Crippen molar-refractivity contribution >= 4 is 14.9 Å². The number of rotatable bonds is 2. The molecule has 0 radical (unpaired) electrons. The predicted octanol–water partition coefficient (Wildman–Crippen LogP) is 0.494. The molecule has 0 aliphatic carbocycles. The minimum Gasteiger partial charge on any atom is -0.303 e. The first-order valence-electron chi connectivity index (χ1n) is 1.50. The molecule has 30 valence electrons. The van der Waals surface area contributed by atoms with Gasteiger partial charge in [0.25, 0.3) is 0 Å². The van der Waals surface area contributed by atoms with Crippen LogP contribution < -0.4 is 0 Å². The molecule has 1 nitrogen and oxygen atoms in total. The normalized spacial score (nSPS) is 9.80. The quantitative estimate of drug-likeness (QED) is 0.356. The van der Waals surface area contributed by atoms with Gasteiger partial charge in [-0.15, -0.1) is 8.58 Å². The van der Waals surface area contributed by atoms with Gasteiger partial charge in [0.05, 0.1) is 0 Å². The Hall–Kier alpha value is 0.100. The van der Waals surface area contributed by atoms with Crippen molar-refractivity contribution in [1.29, 1.82) is 0 Å². The zero-order valence-corrected chi connectivity index (χ0v) is 4.19. The average Bonchev–Trinajstić information content (AvgIpc) is 1.41. The van der Waals surface area contributed by atoms with Crippen molar-refractivity contribution in [1.82, 2.24) is 0 Å². The summed E-state index contributed by atoms with van der Waals surface area (Å²) in [6, 6.07) is 0. The van der Waals surface area contributed by atoms with Crippen LogP contribution in [0.5, 0.6) is 0 Å². The number of carbonyl (C=O) groups excluding carboxylic acids is 1. The van der Waals surface area contributed by atoms with Gasteiger partial charge in [-0.3, -0.25) is 0 Å². The molecule has 0 saturated heterocycles. The third-order valence-corrected chi connectivity index (χ3v) is 0.862. The van der Waals surface area contributed by atoms with Crippen molar-refractivity contribution in [2.24, 2.45) is 0 Å². The molecule has 0 saturated carbocycles. The van der Waals surface area contributed by atoms with Crippen molar-refractivity contribution in [3.63, 3.8) is 0 Å². The van der Waals surface area contributed by atoms with Crippen LogP contribution in [0.2, 0.25) is 0 Å². The summed E-state index contributed by atoms with van der Waals surface area (Å²) in [4.78, 5) is 9.41. The monoisotopic (exact) mass is 90.0 g/mol. The molecule has 2 heteroatoms. The Morgan fingerprint density at radius 1 is 2.00 bits per heavy atom. The van der Waals surface area contributed by atoms with E-state index in [1.54, 1.807) is 0 Å². The molecule has 1 unspecified atom stereocenters. The van der Waals surface area contributed by atoms with Gasteiger partial charge in [0.1, 0.15) is 6.29 Å². The van der Waals surface area contributed by atoms with Gasteiger partial charge in [-0.2, -0.15) is 0 Å². The molecule has 0 aromatic heterocycles. The molecule has 0 spiro atoms. The van der Waals surface area contributed by atoms with E-state index in [1.807, 2.05) is 6.66 Å². The summed E-state index contributed by atoms with van der Waals surface area (Å²) < 4.78 is 0. The second kappa shape index (κ2) is 4.10. The van der Waals surface area contributed by atoms with Gasteiger partial charge >= 0.3 is 0 Å². The molecule has 0 aromatic carbocycles. The molecule has 0 aliphatic heterocycles. The molecule has 0 N–H and O–H groups in total. The first-order valence-corrected chi connectivity index (χ1v) is 3.20. The third-order valence-electron chi connectivity index (χ3n) is 0.287. The Labute approximate surface area is 33.5 Å². The Balaban J connectivity index is 2.40. The first-order chi connectivity index (χ1) is 2.41. The van der Waals surface area contributed by atoms with Crippen LogP contribution in [0.3, 0.4) is 0 Å². The highest BCUT2D eigenvalue weighted by Crippen LogP contribution is 1.94. The van der Waals surface area contributed by atoms with E-state index in [4.69, 9.17) is 0 Å². The zero-order chi connectivity index (χ0) is 4.12. The molecule has 0 heterocycles. The summed E-state index contributed by atoms with van der Waals surface area (Å²) in [7, 11) is 0.790. The van der Waals surface area contributed by atoms with Crippen LogP contribution in [-0.4, -0.2) is 19.1 Å². The molecule has 1 atom stereocenters. The molecular formula is C3H7OP. The van der Waals surface area contributed by atoms with Crippen molar-refractivity contribution in [2.75, 3.05) is 12.8 Å². The minimum atomic E-state index is 0.736. The number of aldehydes is 1. The van der Waals surface area contributed by atoms with Gasteiger partial charge in [-0.1, -0.05) is 0 Å². The summed E-state index contributed by atoms with van der Waals surface area (Å²) >= 11 is 0. The van der Waals surface area contributed by atoms with Crippen LogP contribution in [0.25, 0.3) is 0 Å². The smallest absolute Gasteiger partial charge is 0.123 e. The molecular weight excluding hydrogens is 83.0 g/mol. The highest BCUT2D eigenvalue weighted by Gasteiger charge is 1.65. The van der Waals surface area contributed by atoms with Gasteiger partial charge in [0, 0.05) is 6.16 Å². The van der Waals surface area contributed by atoms with Gasteiger partial charge < -0.3 is 4.79 Å². The summed E-state index contributed by atoms with van der Waals surface area (Å²) in [5.74, 6) is 0. The maximum absolute atomic E-state index is 9.41. The lowest BCUT2D eigenvalue weighted by Crippen LogP contribution is -1.68. The number of hydrogen-bond acceptors (Lipinski definition) is 1. The van der Waals surface area contributed by atoms with Crippen molar-refractivity contribution in [3.05, 3.63) is 0 Å². The summed E-state index contributed by atoms with van der Waals surface area (Å²) in [6.45, 7) is 2.01. The lowest BCUT2D eigenvalue weighted by atomic mass is 10.9. The Kier molecular flexibility index (Phi) is 4.18. The fraction of sp³-hybridized carbons (Fsp3) is 0.667. The second-order valence-electron chi connectivity index (χ2n) is 0.724. The highest BCUT2D eigenvalue weighted by molar-refractivity contribution is 7.38. The average molecular weight is 90.1 g/mol. The number of carbonyl (C=O) groups is 1. The number of hydrogen-bond donors (Lipinski definition) is 0. The molecule has 0 rings (SSSR count). The fourth-order valence-corrected chi connectivity index (χ4v) is 0.250. The first kappa shape index (κ1) is 5.10. The predicted molar refractivity (Wildman–Crippen MR) is 25.2 cm³/mol. The standard InChI is InChI=1S/C3H7OP/c1-5-3-2-4/h2,5H,3H2,1H3. The van der Waals surface area contributed by atoms with E-state index in [1.165, 1.54) is 0 Å². The molecule has 0 bridgehead atoms. The Morgan fingerprint density at radius 3 is 2.60 bits per heavy atom. The maximum atomic E-state index is 9.41. The molecule has 0 amide bonds. The maximum Gasteiger partial charge on any atom is 0.123 e. The van der Waals surface area contributed by atoms with Gasteiger partial charge in [-0.05, 0) is 6.66 Å². The highest BCUT2D eigenvalue weighted by atomic mass is 31.1. The topological polar surface area (TPSA) is 17.1 Å². The van der Waals surface area contributed by atoms with Crippen LogP contribution in [-0.2, 0) is 4.79 Å². The minimum absolute atomic E-state index is 0.736. The second-order valence-corrected chi connectivity index (χ2v) is 1.84. The van der Waals surface area contributed by atoms with Crippen LogP contribution in [0, 0.1) is 0 Å². The zero-order valence-electron chi connectivity index (χ0n) is 3.19. The van der Waals surface area contributed by atoms with E-state index in [0.29, 0.717) is 0 Å². The van der Waals surface area contributed by atoms with Crippen LogP contribution in [0.4, 0.5) is 0 Å². The molecule has 0 aromatic rings. The van der Waals surface area contributed by atoms with Gasteiger partial charge in [0.15, 0.2) is 0 Å². The van der Waals surface area contributed by atoms with Gasteiger partial charge in [-0.25, -0.2) is 0 Å². The SMILES string of the molecule is CPCC=O. The van der Waals surface area contributed by atoms with E-state index < -0.39 is 0 Å². The van der Waals surface area contributed by atoms with E-state index >= 15 is 0 Å². The van der Waals surface area contributed by atoms with Crippen LogP contribution in [0.15, 0.2) is 0 Å². The van der Waals surface area contributed by atoms with Crippen LogP contribution >= 0.6 is 8.58 Å². The van der Waals surface area contributed by atoms with Crippen LogP contribution in [0.1, 0.15) is 0 Å². The van der Waals surface area contributed by atoms with Gasteiger partial charge in [0.2, 0.25) is 0 Å². The van der Waals surface area contributed by atoms with E-state index in [0.717, 1.165) is 21.0 Å². The third kappa shape index (κ3) is 4.10. The van der Waals surface area contributed by atoms with Crippen molar-refractivity contribution in [2.45, 2.75) is 0 Å². The van der Waals surface area contributed by atoms with Crippen molar-refractivity contribution in [3.8, 4) is 0 Å². The van der Waals surface area contributed by atoms with E-state index in [2.05, 4.69) is 0 Å². The summed E-state index contributed by atoms with van der Waals surface area (Å²) in [6.07, 6.45) is 1.68. The lowest BCUT2D eigenvalue weighted by molar-refractivity contribution is -0.105. The molecule has 5 heavy (non-hydrogen) atoms. The summed E-state index contributed by atoms with van der Waals surface area (Å²) in [5.41, 5.74) is 0. The van der Waals surface area contributed by atoms with E-state index in [-0.39, 0.29) is 0 Å². The Bertz CT molecular complexity index is 28.1. The molecule has 0 fully saturated rings. The van der Waals surface area contributed by atoms with E-state index in [9.17, 15) is 4.79 Å². The molecule has 0 aliphatic rings.